The van der Waals surface area contributed by atoms with Crippen LogP contribution in [-0.4, -0.2) is 32.2 Å². The van der Waals surface area contributed by atoms with Crippen molar-refractivity contribution < 1.29 is 24.5 Å². The molecule has 0 aromatic carbocycles. The number of allylic oxidation sites excluding steroid dienone is 2. The van der Waals surface area contributed by atoms with Crippen molar-refractivity contribution in [2.45, 2.75) is 11.3 Å². The van der Waals surface area contributed by atoms with E-state index in [0.717, 1.165) is 18.2 Å². The molecule has 0 saturated carbocycles. The van der Waals surface area contributed by atoms with Gasteiger partial charge >= 0.3 is 17.4 Å². The van der Waals surface area contributed by atoms with Gasteiger partial charge in [0.1, 0.15) is 0 Å². The second-order valence-corrected chi connectivity index (χ2v) is 3.21. The molecule has 2 aliphatic rings. The van der Waals surface area contributed by atoms with E-state index in [-0.39, 0.29) is 0 Å². The van der Waals surface area contributed by atoms with Crippen molar-refractivity contribution in [3.8, 4) is 0 Å². The van der Waals surface area contributed by atoms with Crippen LogP contribution in [0.5, 0.6) is 0 Å². The minimum Gasteiger partial charge on any atom is -0.479 e. The Hall–Kier alpha value is -2.29. The van der Waals surface area contributed by atoms with Gasteiger partial charge in [0.2, 0.25) is 0 Å². The average Bonchev–Trinajstić information content (AvgIpc) is 2.88. The van der Waals surface area contributed by atoms with Gasteiger partial charge in [0.25, 0.3) is 5.60 Å². The smallest absolute Gasteiger partial charge is 0.460 e. The molecule has 2 rings (SSSR count). The van der Waals surface area contributed by atoms with Crippen molar-refractivity contribution in [3.63, 3.8) is 0 Å². The summed E-state index contributed by atoms with van der Waals surface area (Å²) in [6, 6.07) is 0. The molecule has 2 unspecified atom stereocenters. The second-order valence-electron chi connectivity index (χ2n) is 3.21. The summed E-state index contributed by atoms with van der Waals surface area (Å²) in [5.41, 5.74) is -5.74. The lowest BCUT2D eigenvalue weighted by molar-refractivity contribution is -0.591. The lowest BCUT2D eigenvalue weighted by atomic mass is 9.93. The van der Waals surface area contributed by atoms with Crippen molar-refractivity contribution in [2.75, 3.05) is 0 Å². The summed E-state index contributed by atoms with van der Waals surface area (Å²) in [4.78, 5) is 30.1. The normalized spacial score (nSPS) is 34.9. The van der Waals surface area contributed by atoms with Gasteiger partial charge in [0.05, 0.1) is 9.85 Å². The number of hydrogen-bond acceptors (Lipinski definition) is 6. The first kappa shape index (κ1) is 10.2. The zero-order chi connectivity index (χ0) is 12.1. The number of epoxide rings is 1. The number of carboxylic acids is 1. The minimum atomic E-state index is -2.60. The monoisotopic (exact) mass is 228 g/mol. The van der Waals surface area contributed by atoms with Crippen LogP contribution in [-0.2, 0) is 9.53 Å². The van der Waals surface area contributed by atoms with Gasteiger partial charge < -0.3 is 5.11 Å². The van der Waals surface area contributed by atoms with E-state index in [1.54, 1.807) is 0 Å². The number of carboxylic acid groups (broad SMARTS) is 1. The van der Waals surface area contributed by atoms with E-state index < -0.39 is 32.8 Å². The molecule has 0 aromatic heterocycles. The van der Waals surface area contributed by atoms with E-state index >= 15 is 0 Å². The van der Waals surface area contributed by atoms with Crippen LogP contribution in [0.15, 0.2) is 23.9 Å². The molecule has 1 aliphatic carbocycles. The molecule has 84 valence electrons. The number of nitro groups is 2. The van der Waals surface area contributed by atoms with Gasteiger partial charge in [-0.3, -0.25) is 25.0 Å². The Morgan fingerprint density at radius 1 is 1.44 bits per heavy atom. The second kappa shape index (κ2) is 2.64. The highest BCUT2D eigenvalue weighted by atomic mass is 16.8. The van der Waals surface area contributed by atoms with Gasteiger partial charge in [-0.25, -0.2) is 4.79 Å². The van der Waals surface area contributed by atoms with Crippen molar-refractivity contribution in [3.05, 3.63) is 44.2 Å². The fourth-order valence-corrected chi connectivity index (χ4v) is 1.70. The van der Waals surface area contributed by atoms with Crippen LogP contribution in [0.25, 0.3) is 0 Å². The van der Waals surface area contributed by atoms with Crippen LogP contribution in [0.3, 0.4) is 0 Å². The molecule has 1 N–H and O–H groups in total. The summed E-state index contributed by atoms with van der Waals surface area (Å²) in [5.74, 6) is -1.63. The number of hydrogen-bond donors (Lipinski definition) is 1. The van der Waals surface area contributed by atoms with E-state index in [9.17, 15) is 25.0 Å². The molecule has 1 fully saturated rings. The SMILES string of the molecule is O=C(O)C12C=CC=C([N+](=O)[O-])C1([N+](=O)[O-])O2. The Bertz CT molecular complexity index is 481. The molecule has 0 amide bonds. The number of rotatable bonds is 3. The molecule has 0 aromatic rings. The number of fused-ring (bicyclic) bond motifs is 1. The predicted octanol–water partition coefficient (Wildman–Crippen LogP) is -0.457. The molecule has 1 heterocycles. The Morgan fingerprint density at radius 3 is 2.50 bits per heavy atom. The highest BCUT2D eigenvalue weighted by Gasteiger charge is 2.92. The van der Waals surface area contributed by atoms with E-state index in [4.69, 9.17) is 5.11 Å². The first-order valence-corrected chi connectivity index (χ1v) is 4.01. The zero-order valence-corrected chi connectivity index (χ0v) is 7.52. The van der Waals surface area contributed by atoms with Gasteiger partial charge in [-0.2, -0.15) is 0 Å². The number of nitrogens with zero attached hydrogens (tertiary/aromatic N) is 2. The first-order chi connectivity index (χ1) is 7.38. The van der Waals surface area contributed by atoms with E-state index in [1.165, 1.54) is 0 Å². The predicted molar refractivity (Wildman–Crippen MR) is 45.4 cm³/mol. The fraction of sp³-hybridized carbons (Fsp3) is 0.286. The molecule has 1 aliphatic heterocycles. The topological polar surface area (TPSA) is 136 Å². The Labute approximate surface area is 86.9 Å². The molecule has 2 atom stereocenters. The molecule has 1 saturated heterocycles. The van der Waals surface area contributed by atoms with Crippen LogP contribution in [0.2, 0.25) is 0 Å². The number of aliphatic carboxylic acids is 1. The highest BCUT2D eigenvalue weighted by molar-refractivity contribution is 5.87. The molecule has 0 radical (unpaired) electrons. The van der Waals surface area contributed by atoms with Crippen LogP contribution in [0.4, 0.5) is 0 Å². The van der Waals surface area contributed by atoms with Gasteiger partial charge in [-0.05, 0) is 6.08 Å². The van der Waals surface area contributed by atoms with Crippen LogP contribution < -0.4 is 0 Å². The molecule has 0 spiro atoms. The van der Waals surface area contributed by atoms with Gasteiger partial charge in [0, 0.05) is 6.08 Å². The van der Waals surface area contributed by atoms with Gasteiger partial charge in [-0.15, -0.1) is 0 Å². The van der Waals surface area contributed by atoms with Crippen molar-refractivity contribution >= 4 is 5.97 Å². The van der Waals surface area contributed by atoms with E-state index in [2.05, 4.69) is 4.74 Å². The largest absolute Gasteiger partial charge is 0.479 e. The maximum absolute atomic E-state index is 10.9. The molecule has 0 bridgehead atoms. The third-order valence-electron chi connectivity index (χ3n) is 2.47. The third kappa shape index (κ3) is 0.852. The lowest BCUT2D eigenvalue weighted by Crippen LogP contribution is -2.42. The first-order valence-electron chi connectivity index (χ1n) is 4.01. The van der Waals surface area contributed by atoms with Gasteiger partial charge in [-0.1, -0.05) is 6.08 Å². The van der Waals surface area contributed by atoms with Crippen molar-refractivity contribution in [1.29, 1.82) is 0 Å². The Balaban J connectivity index is 2.58. The summed E-state index contributed by atoms with van der Waals surface area (Å²) in [5, 5.41) is 30.2. The number of ether oxygens (including phenoxy) is 1. The lowest BCUT2D eigenvalue weighted by Gasteiger charge is -2.07. The molecular formula is C7H4N2O7. The maximum atomic E-state index is 10.9. The molecule has 9 nitrogen and oxygen atoms in total. The van der Waals surface area contributed by atoms with Crippen LogP contribution in [0.1, 0.15) is 0 Å². The minimum absolute atomic E-state index is 0.858. The van der Waals surface area contributed by atoms with Crippen molar-refractivity contribution in [1.82, 2.24) is 0 Å². The van der Waals surface area contributed by atoms with E-state index in [0.29, 0.717) is 0 Å². The standard InChI is InChI=1S/C7H4N2O7/c10-5(11)6-3-1-2-4(8(12)13)7(6,16-6)9(14)15/h1-3H,(H,10,11). The van der Waals surface area contributed by atoms with Crippen LogP contribution in [0, 0.1) is 20.2 Å². The average molecular weight is 228 g/mol. The van der Waals surface area contributed by atoms with E-state index in [1.807, 2.05) is 0 Å². The summed E-state index contributed by atoms with van der Waals surface area (Å²) in [7, 11) is 0. The summed E-state index contributed by atoms with van der Waals surface area (Å²) in [6.07, 6.45) is 2.84. The molecular weight excluding hydrogens is 224 g/mol. The molecule has 16 heavy (non-hydrogen) atoms. The Morgan fingerprint density at radius 2 is 2.06 bits per heavy atom. The number of carbonyl (C=O) groups is 1. The van der Waals surface area contributed by atoms with Crippen molar-refractivity contribution in [2.24, 2.45) is 0 Å². The summed E-state index contributed by atoms with van der Waals surface area (Å²) < 4.78 is 4.55. The third-order valence-corrected chi connectivity index (χ3v) is 2.47. The quantitative estimate of drug-likeness (QED) is 0.392. The zero-order valence-electron chi connectivity index (χ0n) is 7.52. The summed E-state index contributed by atoms with van der Waals surface area (Å²) >= 11 is 0. The highest BCUT2D eigenvalue weighted by Crippen LogP contribution is 2.56. The maximum Gasteiger partial charge on any atom is 0.460 e. The van der Waals surface area contributed by atoms with Gasteiger partial charge in [0.15, 0.2) is 0 Å². The Kier molecular flexibility index (Phi) is 1.69. The molecule has 9 heteroatoms. The fourth-order valence-electron chi connectivity index (χ4n) is 1.70. The van der Waals surface area contributed by atoms with Crippen LogP contribution >= 0.6 is 0 Å². The summed E-state index contributed by atoms with van der Waals surface area (Å²) in [6.45, 7) is 0.